The van der Waals surface area contributed by atoms with Gasteiger partial charge in [-0.3, -0.25) is 4.79 Å². The van der Waals surface area contributed by atoms with E-state index in [0.29, 0.717) is 6.42 Å². The highest BCUT2D eigenvalue weighted by atomic mass is 19.4. The summed E-state index contributed by atoms with van der Waals surface area (Å²) in [7, 11) is 0. The fourth-order valence-electron chi connectivity index (χ4n) is 1.64. The Morgan fingerprint density at radius 3 is 2.76 bits per heavy atom. The van der Waals surface area contributed by atoms with Crippen LogP contribution >= 0.6 is 0 Å². The monoisotopic (exact) mass is 253 g/mol. The Morgan fingerprint density at radius 2 is 2.24 bits per heavy atom. The van der Waals surface area contributed by atoms with Crippen molar-refractivity contribution in [2.24, 2.45) is 0 Å². The molecule has 98 valence electrons. The van der Waals surface area contributed by atoms with Gasteiger partial charge in [-0.25, -0.2) is 4.79 Å². The van der Waals surface area contributed by atoms with Crippen molar-refractivity contribution >= 4 is 11.9 Å². The van der Waals surface area contributed by atoms with Crippen molar-refractivity contribution in [2.45, 2.75) is 25.6 Å². The number of nitrogens with one attached hydrogen (secondary N) is 2. The number of piperazine rings is 1. The molecule has 17 heavy (non-hydrogen) atoms. The van der Waals surface area contributed by atoms with Crippen molar-refractivity contribution in [1.82, 2.24) is 15.5 Å². The first-order valence-corrected chi connectivity index (χ1v) is 5.24. The van der Waals surface area contributed by atoms with E-state index >= 15 is 0 Å². The average molecular weight is 253 g/mol. The molecule has 0 radical (unpaired) electrons. The van der Waals surface area contributed by atoms with E-state index in [2.05, 4.69) is 5.32 Å². The summed E-state index contributed by atoms with van der Waals surface area (Å²) in [5, 5.41) is 4.32. The fraction of sp³-hybridized carbons (Fsp3) is 0.778. The molecular formula is C9H14F3N3O2. The maximum atomic E-state index is 11.9. The first kappa shape index (κ1) is 13.6. The molecule has 1 rings (SSSR count). The third-order valence-corrected chi connectivity index (χ3v) is 2.42. The Balaban J connectivity index is 2.57. The Bertz CT molecular complexity index is 306. The summed E-state index contributed by atoms with van der Waals surface area (Å²) < 4.78 is 35.8. The minimum absolute atomic E-state index is 0.216. The molecule has 2 N–H and O–H groups in total. The molecule has 1 fully saturated rings. The first-order chi connectivity index (χ1) is 7.85. The largest absolute Gasteiger partial charge is 0.405 e. The second-order valence-electron chi connectivity index (χ2n) is 3.68. The summed E-state index contributed by atoms with van der Waals surface area (Å²) in [5.41, 5.74) is 0. The summed E-state index contributed by atoms with van der Waals surface area (Å²) in [5.74, 6) is -0.332. The third-order valence-electron chi connectivity index (χ3n) is 2.42. The molecule has 1 unspecified atom stereocenters. The summed E-state index contributed by atoms with van der Waals surface area (Å²) in [4.78, 5) is 24.0. The van der Waals surface area contributed by atoms with E-state index in [1.807, 2.05) is 0 Å². The number of hydrogen-bond donors (Lipinski definition) is 2. The van der Waals surface area contributed by atoms with Gasteiger partial charge in [-0.05, 0) is 6.42 Å². The second kappa shape index (κ2) is 5.24. The van der Waals surface area contributed by atoms with Crippen molar-refractivity contribution < 1.29 is 22.8 Å². The molecule has 1 saturated heterocycles. The van der Waals surface area contributed by atoms with Crippen LogP contribution in [0.3, 0.4) is 0 Å². The molecule has 0 bridgehead atoms. The number of carbonyl (C=O) groups excluding carboxylic acids is 2. The van der Waals surface area contributed by atoms with Crippen LogP contribution in [0.4, 0.5) is 18.0 Å². The Morgan fingerprint density at radius 1 is 1.59 bits per heavy atom. The zero-order valence-electron chi connectivity index (χ0n) is 9.30. The molecule has 0 aromatic rings. The molecule has 8 heteroatoms. The number of rotatable bonds is 2. The molecule has 3 amide bonds. The van der Waals surface area contributed by atoms with Gasteiger partial charge >= 0.3 is 12.2 Å². The highest BCUT2D eigenvalue weighted by Crippen LogP contribution is 2.13. The molecule has 1 atom stereocenters. The minimum atomic E-state index is -4.45. The summed E-state index contributed by atoms with van der Waals surface area (Å²) >= 11 is 0. The second-order valence-corrected chi connectivity index (χ2v) is 3.68. The van der Waals surface area contributed by atoms with Gasteiger partial charge in [0.2, 0.25) is 5.91 Å². The Kier molecular flexibility index (Phi) is 4.19. The number of halogens is 3. The number of amides is 3. The van der Waals surface area contributed by atoms with Crippen molar-refractivity contribution in [3.63, 3.8) is 0 Å². The van der Waals surface area contributed by atoms with Crippen molar-refractivity contribution in [2.75, 3.05) is 19.6 Å². The van der Waals surface area contributed by atoms with Gasteiger partial charge in [0.1, 0.15) is 12.6 Å². The van der Waals surface area contributed by atoms with Crippen LogP contribution in [0.2, 0.25) is 0 Å². The van der Waals surface area contributed by atoms with Crippen LogP contribution in [0, 0.1) is 0 Å². The predicted molar refractivity (Wildman–Crippen MR) is 53.2 cm³/mol. The van der Waals surface area contributed by atoms with E-state index < -0.39 is 24.8 Å². The van der Waals surface area contributed by atoms with Crippen LogP contribution in [0.5, 0.6) is 0 Å². The zero-order chi connectivity index (χ0) is 13.1. The van der Waals surface area contributed by atoms with E-state index in [0.717, 1.165) is 4.90 Å². The smallest absolute Gasteiger partial charge is 0.353 e. The highest BCUT2D eigenvalue weighted by molar-refractivity contribution is 5.88. The van der Waals surface area contributed by atoms with E-state index in [1.165, 1.54) is 0 Å². The lowest BCUT2D eigenvalue weighted by atomic mass is 10.1. The van der Waals surface area contributed by atoms with Gasteiger partial charge in [0, 0.05) is 13.1 Å². The normalized spacial score (nSPS) is 21.1. The van der Waals surface area contributed by atoms with Crippen LogP contribution in [-0.4, -0.2) is 48.7 Å². The standard InChI is InChI=1S/C9H14F3N3O2/c1-2-6-7(16)13-3-4-15(6)8(17)14-5-9(10,11)12/h6H,2-5H2,1H3,(H,13,16)(H,14,17). The van der Waals surface area contributed by atoms with Crippen LogP contribution in [0.1, 0.15) is 13.3 Å². The number of hydrogen-bond acceptors (Lipinski definition) is 2. The van der Waals surface area contributed by atoms with E-state index in [9.17, 15) is 22.8 Å². The van der Waals surface area contributed by atoms with Gasteiger partial charge in [0.05, 0.1) is 0 Å². The maximum absolute atomic E-state index is 11.9. The molecule has 1 aliphatic heterocycles. The number of alkyl halides is 3. The van der Waals surface area contributed by atoms with Gasteiger partial charge in [-0.2, -0.15) is 13.2 Å². The number of nitrogens with zero attached hydrogens (tertiary/aromatic N) is 1. The minimum Gasteiger partial charge on any atom is -0.353 e. The summed E-state index contributed by atoms with van der Waals surface area (Å²) in [6.45, 7) is 0.780. The van der Waals surface area contributed by atoms with Crippen molar-refractivity contribution in [1.29, 1.82) is 0 Å². The lowest BCUT2D eigenvalue weighted by Gasteiger charge is -2.34. The number of carbonyl (C=O) groups is 2. The van der Waals surface area contributed by atoms with E-state index in [1.54, 1.807) is 12.2 Å². The third kappa shape index (κ3) is 3.79. The average Bonchev–Trinajstić information content (AvgIpc) is 2.24. The zero-order valence-corrected chi connectivity index (χ0v) is 9.30. The summed E-state index contributed by atoms with van der Waals surface area (Å²) in [6, 6.07) is -1.55. The molecular weight excluding hydrogens is 239 g/mol. The van der Waals surface area contributed by atoms with Gasteiger partial charge in [-0.15, -0.1) is 0 Å². The predicted octanol–water partition coefficient (Wildman–Crippen LogP) is 0.469. The molecule has 1 aliphatic rings. The van der Waals surface area contributed by atoms with Crippen LogP contribution in [0.15, 0.2) is 0 Å². The molecule has 0 aromatic carbocycles. The van der Waals surface area contributed by atoms with Gasteiger partial charge in [0.25, 0.3) is 0 Å². The molecule has 0 aromatic heterocycles. The maximum Gasteiger partial charge on any atom is 0.405 e. The SMILES string of the molecule is CCC1C(=O)NCCN1C(=O)NCC(F)(F)F. The molecule has 1 heterocycles. The quantitative estimate of drug-likeness (QED) is 0.751. The molecule has 0 saturated carbocycles. The first-order valence-electron chi connectivity index (χ1n) is 5.24. The number of urea groups is 1. The topological polar surface area (TPSA) is 61.4 Å². The Hall–Kier alpha value is -1.47. The van der Waals surface area contributed by atoms with E-state index in [-0.39, 0.29) is 19.0 Å². The van der Waals surface area contributed by atoms with Crippen LogP contribution in [-0.2, 0) is 4.79 Å². The highest BCUT2D eigenvalue weighted by Gasteiger charge is 2.34. The lowest BCUT2D eigenvalue weighted by molar-refractivity contribution is -0.128. The molecule has 0 aliphatic carbocycles. The lowest BCUT2D eigenvalue weighted by Crippen LogP contribution is -2.59. The van der Waals surface area contributed by atoms with Gasteiger partial charge < -0.3 is 15.5 Å². The molecule has 0 spiro atoms. The van der Waals surface area contributed by atoms with Crippen LogP contribution in [0.25, 0.3) is 0 Å². The molecule has 5 nitrogen and oxygen atoms in total. The van der Waals surface area contributed by atoms with Crippen LogP contribution < -0.4 is 10.6 Å². The van der Waals surface area contributed by atoms with Gasteiger partial charge in [0.15, 0.2) is 0 Å². The Labute approximate surface area is 96.3 Å². The van der Waals surface area contributed by atoms with Crippen molar-refractivity contribution in [3.8, 4) is 0 Å². The summed E-state index contributed by atoms with van der Waals surface area (Å²) in [6.07, 6.45) is -4.08. The van der Waals surface area contributed by atoms with Crippen molar-refractivity contribution in [3.05, 3.63) is 0 Å². The van der Waals surface area contributed by atoms with E-state index in [4.69, 9.17) is 0 Å². The van der Waals surface area contributed by atoms with Gasteiger partial charge in [-0.1, -0.05) is 6.92 Å². The fourth-order valence-corrected chi connectivity index (χ4v) is 1.64.